The maximum Gasteiger partial charge on any atom is 0.250 e. The van der Waals surface area contributed by atoms with Crippen molar-refractivity contribution in [2.75, 3.05) is 14.2 Å². The van der Waals surface area contributed by atoms with Gasteiger partial charge in [-0.25, -0.2) is 0 Å². The Hall–Kier alpha value is -1.65. The van der Waals surface area contributed by atoms with E-state index in [4.69, 9.17) is 9.47 Å². The number of benzene rings is 1. The molecule has 0 aromatic heterocycles. The van der Waals surface area contributed by atoms with Gasteiger partial charge in [0.15, 0.2) is 11.5 Å². The molecule has 17 heavy (non-hydrogen) atoms. The van der Waals surface area contributed by atoms with Gasteiger partial charge in [0.05, 0.1) is 12.6 Å². The summed E-state index contributed by atoms with van der Waals surface area (Å²) in [6.07, 6.45) is 0. The van der Waals surface area contributed by atoms with Crippen molar-refractivity contribution in [2.24, 2.45) is 0 Å². The molecule has 0 saturated carbocycles. The molecular formula is C12H15BNO3. The maximum atomic E-state index is 11.8. The highest BCUT2D eigenvalue weighted by Gasteiger charge is 2.36. The average Bonchev–Trinajstić information content (AvgIpc) is 2.61. The number of hydrogen-bond acceptors (Lipinski definition) is 3. The van der Waals surface area contributed by atoms with Crippen molar-refractivity contribution in [1.82, 2.24) is 5.32 Å². The third-order valence-corrected chi connectivity index (χ3v) is 2.71. The molecule has 1 aliphatic heterocycles. The average molecular weight is 232 g/mol. The number of ether oxygens (including phenoxy) is 2. The van der Waals surface area contributed by atoms with Gasteiger partial charge in [0.1, 0.15) is 0 Å². The summed E-state index contributed by atoms with van der Waals surface area (Å²) in [7, 11) is 5.14. The van der Waals surface area contributed by atoms with Gasteiger partial charge in [0, 0.05) is 12.6 Å². The van der Waals surface area contributed by atoms with Crippen molar-refractivity contribution in [3.8, 4) is 11.5 Å². The number of fused-ring (bicyclic) bond motifs is 1. The van der Waals surface area contributed by atoms with Gasteiger partial charge in [-0.1, -0.05) is 0 Å². The molecule has 1 aromatic carbocycles. The van der Waals surface area contributed by atoms with E-state index in [1.54, 1.807) is 26.3 Å². The van der Waals surface area contributed by atoms with Crippen LogP contribution in [0.1, 0.15) is 24.2 Å². The Balaban J connectivity index is 2.55. The first-order valence-corrected chi connectivity index (χ1v) is 5.46. The van der Waals surface area contributed by atoms with Gasteiger partial charge in [0.25, 0.3) is 5.91 Å². The highest BCUT2D eigenvalue weighted by molar-refractivity contribution is 6.61. The van der Waals surface area contributed by atoms with Crippen LogP contribution < -0.4 is 20.3 Å². The molecule has 0 atom stereocenters. The van der Waals surface area contributed by atoms with Crippen LogP contribution in [-0.4, -0.2) is 32.8 Å². The summed E-state index contributed by atoms with van der Waals surface area (Å²) in [6.45, 7) is 3.89. The van der Waals surface area contributed by atoms with Crippen LogP contribution in [0.3, 0.4) is 0 Å². The Kier molecular flexibility index (Phi) is 2.77. The van der Waals surface area contributed by atoms with Gasteiger partial charge in [-0.3, -0.25) is 4.79 Å². The fourth-order valence-corrected chi connectivity index (χ4v) is 1.96. The molecule has 0 fully saturated rings. The van der Waals surface area contributed by atoms with Crippen molar-refractivity contribution in [2.45, 2.75) is 19.3 Å². The maximum absolute atomic E-state index is 11.8. The molecule has 2 rings (SSSR count). The van der Waals surface area contributed by atoms with Gasteiger partial charge in [-0.05, 0) is 31.4 Å². The summed E-state index contributed by atoms with van der Waals surface area (Å²) in [5.74, 6) is 1.16. The minimum Gasteiger partial charge on any atom is -0.493 e. The van der Waals surface area contributed by atoms with E-state index in [0.29, 0.717) is 17.1 Å². The van der Waals surface area contributed by atoms with Gasteiger partial charge >= 0.3 is 0 Å². The Labute approximate surface area is 102 Å². The Morgan fingerprint density at radius 3 is 2.76 bits per heavy atom. The SMILES string of the molecule is CNC(=O)c1ccc(OC)c2c1[B]C(C)(C)O2. The molecule has 89 valence electrons. The molecule has 0 saturated heterocycles. The van der Waals surface area contributed by atoms with Crippen LogP contribution in [0.5, 0.6) is 11.5 Å². The number of carbonyl (C=O) groups is 1. The van der Waals surface area contributed by atoms with E-state index in [1.807, 2.05) is 21.1 Å². The molecule has 1 heterocycles. The van der Waals surface area contributed by atoms with E-state index in [9.17, 15) is 4.79 Å². The molecule has 1 amide bonds. The quantitative estimate of drug-likeness (QED) is 0.756. The van der Waals surface area contributed by atoms with Gasteiger partial charge < -0.3 is 14.8 Å². The van der Waals surface area contributed by atoms with Crippen molar-refractivity contribution >= 4 is 18.6 Å². The topological polar surface area (TPSA) is 47.6 Å². The van der Waals surface area contributed by atoms with E-state index in [-0.39, 0.29) is 5.91 Å². The first kappa shape index (κ1) is 11.8. The number of nitrogens with one attached hydrogen (secondary N) is 1. The number of methoxy groups -OCH3 is 1. The van der Waals surface area contributed by atoms with Crippen LogP contribution in [0, 0.1) is 0 Å². The summed E-state index contributed by atoms with van der Waals surface area (Å²) >= 11 is 0. The van der Waals surface area contributed by atoms with E-state index in [1.165, 1.54) is 0 Å². The molecular weight excluding hydrogens is 217 g/mol. The molecule has 1 radical (unpaired) electrons. The van der Waals surface area contributed by atoms with E-state index >= 15 is 0 Å². The summed E-state index contributed by atoms with van der Waals surface area (Å²) in [5.41, 5.74) is 0.988. The fraction of sp³-hybridized carbons (Fsp3) is 0.417. The van der Waals surface area contributed by atoms with Crippen LogP contribution in [0.2, 0.25) is 0 Å². The molecule has 1 aromatic rings. The van der Waals surface area contributed by atoms with Crippen LogP contribution in [0.25, 0.3) is 0 Å². The zero-order valence-electron chi connectivity index (χ0n) is 10.5. The number of hydrogen-bond donors (Lipinski definition) is 1. The second-order valence-electron chi connectivity index (χ2n) is 4.49. The Morgan fingerprint density at radius 2 is 2.18 bits per heavy atom. The summed E-state index contributed by atoms with van der Waals surface area (Å²) in [4.78, 5) is 11.8. The van der Waals surface area contributed by atoms with Crippen LogP contribution in [0.4, 0.5) is 0 Å². The Bertz CT molecular complexity index is 471. The van der Waals surface area contributed by atoms with Gasteiger partial charge in [-0.15, -0.1) is 0 Å². The second-order valence-corrected chi connectivity index (χ2v) is 4.49. The lowest BCUT2D eigenvalue weighted by Crippen LogP contribution is -2.36. The lowest BCUT2D eigenvalue weighted by Gasteiger charge is -2.18. The van der Waals surface area contributed by atoms with Crippen LogP contribution in [-0.2, 0) is 0 Å². The summed E-state index contributed by atoms with van der Waals surface area (Å²) < 4.78 is 11.0. The lowest BCUT2D eigenvalue weighted by atomic mass is 9.58. The smallest absolute Gasteiger partial charge is 0.250 e. The summed E-state index contributed by atoms with van der Waals surface area (Å²) in [5, 5.41) is 2.62. The molecule has 0 bridgehead atoms. The van der Waals surface area contributed by atoms with Crippen LogP contribution >= 0.6 is 0 Å². The van der Waals surface area contributed by atoms with Crippen molar-refractivity contribution in [3.05, 3.63) is 17.7 Å². The van der Waals surface area contributed by atoms with Crippen molar-refractivity contribution < 1.29 is 14.3 Å². The molecule has 0 spiro atoms. The predicted octanol–water partition coefficient (Wildman–Crippen LogP) is 0.513. The number of amides is 1. The van der Waals surface area contributed by atoms with Crippen molar-refractivity contribution in [1.29, 1.82) is 0 Å². The molecule has 5 heteroatoms. The minimum atomic E-state index is -0.417. The zero-order chi connectivity index (χ0) is 12.6. The highest BCUT2D eigenvalue weighted by atomic mass is 16.5. The Morgan fingerprint density at radius 1 is 1.47 bits per heavy atom. The molecule has 0 unspecified atom stereocenters. The lowest BCUT2D eigenvalue weighted by molar-refractivity contribution is 0.0964. The summed E-state index contributed by atoms with van der Waals surface area (Å²) in [6, 6.07) is 3.50. The number of carbonyl (C=O) groups excluding carboxylic acids is 1. The normalized spacial score (nSPS) is 15.5. The molecule has 1 N–H and O–H groups in total. The predicted molar refractivity (Wildman–Crippen MR) is 66.5 cm³/mol. The molecule has 4 nitrogen and oxygen atoms in total. The van der Waals surface area contributed by atoms with Crippen LogP contribution in [0.15, 0.2) is 12.1 Å². The largest absolute Gasteiger partial charge is 0.493 e. The van der Waals surface area contributed by atoms with E-state index in [2.05, 4.69) is 5.32 Å². The highest BCUT2D eigenvalue weighted by Crippen LogP contribution is 2.33. The van der Waals surface area contributed by atoms with Gasteiger partial charge in [-0.2, -0.15) is 0 Å². The van der Waals surface area contributed by atoms with E-state index < -0.39 is 5.50 Å². The van der Waals surface area contributed by atoms with E-state index in [0.717, 1.165) is 5.46 Å². The third kappa shape index (κ3) is 1.97. The van der Waals surface area contributed by atoms with Gasteiger partial charge in [0.2, 0.25) is 7.28 Å². The monoisotopic (exact) mass is 232 g/mol. The molecule has 1 aliphatic rings. The van der Waals surface area contributed by atoms with Crippen molar-refractivity contribution in [3.63, 3.8) is 0 Å². The zero-order valence-corrected chi connectivity index (χ0v) is 10.5. The minimum absolute atomic E-state index is 0.124. The standard InChI is InChI=1S/C12H15BNO3/c1-12(2)13-9-7(11(15)14-3)5-6-8(16-4)10(9)17-12/h5-6H,1-4H3,(H,14,15). The third-order valence-electron chi connectivity index (χ3n) is 2.71. The molecule has 0 aliphatic carbocycles. The first-order chi connectivity index (χ1) is 7.98. The second kappa shape index (κ2) is 3.98. The fourth-order valence-electron chi connectivity index (χ4n) is 1.96. The number of rotatable bonds is 2. The first-order valence-electron chi connectivity index (χ1n) is 5.46.